The van der Waals surface area contributed by atoms with Gasteiger partial charge in [0, 0.05) is 13.0 Å². The molecule has 0 aliphatic rings. The molecule has 2 aromatic rings. The number of hydrogen-bond donors (Lipinski definition) is 1. The predicted molar refractivity (Wildman–Crippen MR) is 71.1 cm³/mol. The molecule has 1 aromatic carbocycles. The minimum absolute atomic E-state index is 0.833. The number of benzene rings is 1. The molecule has 3 nitrogen and oxygen atoms in total. The first kappa shape index (κ1) is 12.2. The molecule has 0 bridgehead atoms. The van der Waals surface area contributed by atoms with Gasteiger partial charge < -0.3 is 5.32 Å². The summed E-state index contributed by atoms with van der Waals surface area (Å²) in [5, 5.41) is 13.8. The van der Waals surface area contributed by atoms with E-state index in [-0.39, 0.29) is 0 Å². The maximum atomic E-state index is 4.21. The molecule has 90 valence electrons. The van der Waals surface area contributed by atoms with Crippen LogP contribution in [0.4, 0.5) is 0 Å². The highest BCUT2D eigenvalue weighted by atomic mass is 32.1. The van der Waals surface area contributed by atoms with Crippen molar-refractivity contribution in [3.8, 4) is 0 Å². The van der Waals surface area contributed by atoms with E-state index in [1.165, 1.54) is 5.56 Å². The molecule has 0 fully saturated rings. The quantitative estimate of drug-likeness (QED) is 0.852. The summed E-state index contributed by atoms with van der Waals surface area (Å²) in [4.78, 5) is 0. The minimum Gasteiger partial charge on any atom is -0.311 e. The van der Waals surface area contributed by atoms with E-state index >= 15 is 0 Å². The Morgan fingerprint density at radius 3 is 2.59 bits per heavy atom. The third-order valence-corrected chi connectivity index (χ3v) is 3.49. The third-order valence-electron chi connectivity index (χ3n) is 2.51. The Bertz CT molecular complexity index is 439. The average molecular weight is 247 g/mol. The largest absolute Gasteiger partial charge is 0.311 e. The van der Waals surface area contributed by atoms with Gasteiger partial charge in [-0.15, -0.1) is 21.5 Å². The number of aromatic nitrogens is 2. The summed E-state index contributed by atoms with van der Waals surface area (Å²) in [6.07, 6.45) is 2.02. The molecule has 0 amide bonds. The van der Waals surface area contributed by atoms with Crippen LogP contribution >= 0.6 is 11.3 Å². The van der Waals surface area contributed by atoms with Gasteiger partial charge in [0.2, 0.25) is 0 Å². The monoisotopic (exact) mass is 247 g/mol. The van der Waals surface area contributed by atoms with E-state index in [9.17, 15) is 0 Å². The fourth-order valence-electron chi connectivity index (χ4n) is 1.59. The lowest BCUT2D eigenvalue weighted by atomic mass is 10.1. The molecule has 0 saturated carbocycles. The molecule has 0 radical (unpaired) electrons. The zero-order valence-electron chi connectivity index (χ0n) is 10.0. The molecule has 17 heavy (non-hydrogen) atoms. The van der Waals surface area contributed by atoms with Crippen LogP contribution in [-0.4, -0.2) is 16.7 Å². The van der Waals surface area contributed by atoms with Crippen LogP contribution in [0.2, 0.25) is 0 Å². The first-order chi connectivity index (χ1) is 8.38. The molecule has 0 atom stereocenters. The smallest absolute Gasteiger partial charge is 0.131 e. The van der Waals surface area contributed by atoms with Crippen molar-refractivity contribution in [3.63, 3.8) is 0 Å². The number of rotatable bonds is 6. The molecule has 0 unspecified atom stereocenters. The van der Waals surface area contributed by atoms with E-state index in [1.54, 1.807) is 11.3 Å². The predicted octanol–water partition coefficient (Wildman–Crippen LogP) is 2.43. The molecule has 0 saturated heterocycles. The average Bonchev–Trinajstić information content (AvgIpc) is 2.83. The normalized spacial score (nSPS) is 10.6. The molecule has 1 N–H and O–H groups in total. The Kier molecular flexibility index (Phi) is 4.64. The van der Waals surface area contributed by atoms with Crippen molar-refractivity contribution in [2.24, 2.45) is 0 Å². The topological polar surface area (TPSA) is 37.8 Å². The van der Waals surface area contributed by atoms with Crippen molar-refractivity contribution in [3.05, 3.63) is 45.9 Å². The fraction of sp³-hybridized carbons (Fsp3) is 0.385. The summed E-state index contributed by atoms with van der Waals surface area (Å²) < 4.78 is 0. The van der Waals surface area contributed by atoms with Crippen LogP contribution < -0.4 is 5.32 Å². The van der Waals surface area contributed by atoms with Gasteiger partial charge in [-0.2, -0.15) is 0 Å². The summed E-state index contributed by atoms with van der Waals surface area (Å²) in [6, 6.07) is 10.5. The molecule has 0 spiro atoms. The zero-order chi connectivity index (χ0) is 11.9. The van der Waals surface area contributed by atoms with Gasteiger partial charge in [0.25, 0.3) is 0 Å². The van der Waals surface area contributed by atoms with Crippen LogP contribution in [0.1, 0.15) is 22.5 Å². The van der Waals surface area contributed by atoms with Crippen molar-refractivity contribution in [2.45, 2.75) is 26.3 Å². The summed E-state index contributed by atoms with van der Waals surface area (Å²) in [5.74, 6) is 0. The first-order valence-electron chi connectivity index (χ1n) is 5.94. The molecule has 1 heterocycles. The highest BCUT2D eigenvalue weighted by Crippen LogP contribution is 2.12. The SMILES string of the molecule is CCNCc1nnc(CCc2ccccc2)s1. The van der Waals surface area contributed by atoms with Gasteiger partial charge in [0.05, 0.1) is 0 Å². The standard InChI is InChI=1S/C13H17N3S/c1-2-14-10-13-16-15-12(17-13)9-8-11-6-4-3-5-7-11/h3-7,14H,2,8-10H2,1H3. The Morgan fingerprint density at radius 1 is 1.06 bits per heavy atom. The van der Waals surface area contributed by atoms with Gasteiger partial charge in [0.1, 0.15) is 10.0 Å². The molecule has 1 aromatic heterocycles. The Balaban J connectivity index is 1.85. The minimum atomic E-state index is 0.833. The lowest BCUT2D eigenvalue weighted by Crippen LogP contribution is -2.11. The summed E-state index contributed by atoms with van der Waals surface area (Å²) in [5.41, 5.74) is 1.36. The molecule has 0 aliphatic carbocycles. The Hall–Kier alpha value is -1.26. The van der Waals surface area contributed by atoms with E-state index in [0.29, 0.717) is 0 Å². The third kappa shape index (κ3) is 3.91. The van der Waals surface area contributed by atoms with E-state index in [0.717, 1.165) is 35.9 Å². The maximum absolute atomic E-state index is 4.21. The fourth-order valence-corrected chi connectivity index (χ4v) is 2.40. The highest BCUT2D eigenvalue weighted by molar-refractivity contribution is 7.11. The van der Waals surface area contributed by atoms with Crippen LogP contribution in [-0.2, 0) is 19.4 Å². The van der Waals surface area contributed by atoms with Gasteiger partial charge in [-0.25, -0.2) is 0 Å². The highest BCUT2D eigenvalue weighted by Gasteiger charge is 2.03. The van der Waals surface area contributed by atoms with Gasteiger partial charge in [-0.1, -0.05) is 37.3 Å². The Morgan fingerprint density at radius 2 is 1.82 bits per heavy atom. The second-order valence-corrected chi connectivity index (χ2v) is 5.00. The molecule has 0 aliphatic heterocycles. The molecule has 2 rings (SSSR count). The van der Waals surface area contributed by atoms with Crippen LogP contribution in [0.3, 0.4) is 0 Å². The van der Waals surface area contributed by atoms with Gasteiger partial charge in [0.15, 0.2) is 0 Å². The van der Waals surface area contributed by atoms with E-state index < -0.39 is 0 Å². The second kappa shape index (κ2) is 6.47. The number of nitrogens with zero attached hydrogens (tertiary/aromatic N) is 2. The maximum Gasteiger partial charge on any atom is 0.131 e. The van der Waals surface area contributed by atoms with Crippen LogP contribution in [0.5, 0.6) is 0 Å². The van der Waals surface area contributed by atoms with E-state index in [1.807, 2.05) is 6.07 Å². The second-order valence-electron chi connectivity index (χ2n) is 3.86. The number of nitrogens with one attached hydrogen (secondary N) is 1. The lowest BCUT2D eigenvalue weighted by Gasteiger charge is -1.97. The van der Waals surface area contributed by atoms with E-state index in [2.05, 4.69) is 46.7 Å². The van der Waals surface area contributed by atoms with Gasteiger partial charge in [-0.05, 0) is 18.5 Å². The number of hydrogen-bond acceptors (Lipinski definition) is 4. The van der Waals surface area contributed by atoms with Gasteiger partial charge >= 0.3 is 0 Å². The first-order valence-corrected chi connectivity index (χ1v) is 6.76. The summed E-state index contributed by atoms with van der Waals surface area (Å²) in [7, 11) is 0. The van der Waals surface area contributed by atoms with Crippen molar-refractivity contribution < 1.29 is 0 Å². The van der Waals surface area contributed by atoms with Crippen molar-refractivity contribution in [1.82, 2.24) is 15.5 Å². The molecular formula is C13H17N3S. The molecule has 4 heteroatoms. The van der Waals surface area contributed by atoms with Crippen molar-refractivity contribution >= 4 is 11.3 Å². The van der Waals surface area contributed by atoms with Crippen LogP contribution in [0.15, 0.2) is 30.3 Å². The summed E-state index contributed by atoms with van der Waals surface area (Å²) in [6.45, 7) is 3.90. The van der Waals surface area contributed by atoms with Crippen LogP contribution in [0.25, 0.3) is 0 Å². The lowest BCUT2D eigenvalue weighted by molar-refractivity contribution is 0.713. The van der Waals surface area contributed by atoms with Crippen molar-refractivity contribution in [2.75, 3.05) is 6.54 Å². The Labute approximate surface area is 106 Å². The zero-order valence-corrected chi connectivity index (χ0v) is 10.8. The van der Waals surface area contributed by atoms with Crippen molar-refractivity contribution in [1.29, 1.82) is 0 Å². The number of aryl methyl sites for hydroxylation is 2. The van der Waals surface area contributed by atoms with Crippen LogP contribution in [0, 0.1) is 0 Å². The summed E-state index contributed by atoms with van der Waals surface area (Å²) >= 11 is 1.71. The van der Waals surface area contributed by atoms with E-state index in [4.69, 9.17) is 0 Å². The molecular weight excluding hydrogens is 230 g/mol. The van der Waals surface area contributed by atoms with Gasteiger partial charge in [-0.3, -0.25) is 0 Å².